The predicted octanol–water partition coefficient (Wildman–Crippen LogP) is 4.50. The molecule has 1 aliphatic heterocycles. The third-order valence-corrected chi connectivity index (χ3v) is 5.59. The number of thiophene rings is 1. The molecular weight excluding hydrogens is 382 g/mol. The van der Waals surface area contributed by atoms with Gasteiger partial charge < -0.3 is 9.64 Å². The lowest BCUT2D eigenvalue weighted by molar-refractivity contribution is -0.0588. The summed E-state index contributed by atoms with van der Waals surface area (Å²) in [5, 5.41) is 7.31. The van der Waals surface area contributed by atoms with Crippen molar-refractivity contribution in [1.82, 2.24) is 14.7 Å². The Kier molecular flexibility index (Phi) is 5.04. The van der Waals surface area contributed by atoms with E-state index in [-0.39, 0.29) is 18.1 Å². The van der Waals surface area contributed by atoms with Crippen molar-refractivity contribution < 1.29 is 9.53 Å². The van der Waals surface area contributed by atoms with Crippen molar-refractivity contribution in [2.75, 3.05) is 13.1 Å². The monoisotopic (exact) mass is 401 g/mol. The molecule has 5 nitrogen and oxygen atoms in total. The molecule has 0 spiro atoms. The average molecular weight is 402 g/mol. The Balaban J connectivity index is 1.77. The van der Waals surface area contributed by atoms with E-state index in [1.165, 1.54) is 0 Å². The zero-order valence-electron chi connectivity index (χ0n) is 15.1. The van der Waals surface area contributed by atoms with Gasteiger partial charge in [0.15, 0.2) is 0 Å². The van der Waals surface area contributed by atoms with Gasteiger partial charge in [-0.25, -0.2) is 4.68 Å². The van der Waals surface area contributed by atoms with E-state index in [4.69, 9.17) is 21.4 Å². The van der Waals surface area contributed by atoms with Crippen LogP contribution in [0, 0.1) is 0 Å². The summed E-state index contributed by atoms with van der Waals surface area (Å²) in [6.45, 7) is 5.11. The van der Waals surface area contributed by atoms with E-state index in [1.54, 1.807) is 16.0 Å². The summed E-state index contributed by atoms with van der Waals surface area (Å²) >= 11 is 7.77. The van der Waals surface area contributed by atoms with Gasteiger partial charge in [0.2, 0.25) is 0 Å². The number of benzene rings is 1. The summed E-state index contributed by atoms with van der Waals surface area (Å²) in [4.78, 5) is 16.2. The fraction of sp³-hybridized carbons (Fsp3) is 0.300. The van der Waals surface area contributed by atoms with Crippen LogP contribution >= 0.6 is 22.9 Å². The van der Waals surface area contributed by atoms with Gasteiger partial charge in [0, 0.05) is 18.1 Å². The molecule has 1 fully saturated rings. The first-order valence-corrected chi connectivity index (χ1v) is 10.1. The van der Waals surface area contributed by atoms with Crippen molar-refractivity contribution in [3.8, 4) is 16.3 Å². The van der Waals surface area contributed by atoms with Crippen LogP contribution in [-0.2, 0) is 4.74 Å². The van der Waals surface area contributed by atoms with Crippen LogP contribution in [0.2, 0.25) is 5.02 Å². The smallest absolute Gasteiger partial charge is 0.272 e. The highest BCUT2D eigenvalue weighted by Crippen LogP contribution is 2.27. The van der Waals surface area contributed by atoms with Crippen molar-refractivity contribution in [2.45, 2.75) is 26.1 Å². The fourth-order valence-electron chi connectivity index (χ4n) is 3.39. The normalized spacial score (nSPS) is 20.0. The van der Waals surface area contributed by atoms with E-state index in [0.29, 0.717) is 23.8 Å². The molecule has 3 heterocycles. The summed E-state index contributed by atoms with van der Waals surface area (Å²) in [5.41, 5.74) is 2.08. The number of carbonyl (C=O) groups is 1. The van der Waals surface area contributed by atoms with Gasteiger partial charge in [-0.1, -0.05) is 23.7 Å². The highest BCUT2D eigenvalue weighted by molar-refractivity contribution is 7.13. The lowest BCUT2D eigenvalue weighted by atomic mass is 10.2. The third kappa shape index (κ3) is 3.78. The van der Waals surface area contributed by atoms with Gasteiger partial charge in [0.25, 0.3) is 5.91 Å². The largest absolute Gasteiger partial charge is 0.372 e. The van der Waals surface area contributed by atoms with Crippen molar-refractivity contribution in [3.05, 3.63) is 58.6 Å². The summed E-state index contributed by atoms with van der Waals surface area (Å²) in [7, 11) is 0. The van der Waals surface area contributed by atoms with Gasteiger partial charge in [0.1, 0.15) is 11.4 Å². The third-order valence-electron chi connectivity index (χ3n) is 4.46. The number of ether oxygens (including phenoxy) is 1. The number of aromatic nitrogens is 2. The van der Waals surface area contributed by atoms with Crippen molar-refractivity contribution in [2.24, 2.45) is 0 Å². The van der Waals surface area contributed by atoms with Gasteiger partial charge in [-0.2, -0.15) is 5.10 Å². The van der Waals surface area contributed by atoms with E-state index in [9.17, 15) is 4.79 Å². The average Bonchev–Trinajstić information content (AvgIpc) is 3.30. The molecule has 140 valence electrons. The minimum atomic E-state index is -0.0488. The Bertz CT molecular complexity index is 944. The van der Waals surface area contributed by atoms with Crippen molar-refractivity contribution in [3.63, 3.8) is 0 Å². The second kappa shape index (κ2) is 7.46. The first-order chi connectivity index (χ1) is 13.0. The molecule has 0 aliphatic carbocycles. The maximum atomic E-state index is 13.3. The zero-order chi connectivity index (χ0) is 19.0. The number of halogens is 1. The van der Waals surface area contributed by atoms with Crippen LogP contribution in [-0.4, -0.2) is 45.9 Å². The van der Waals surface area contributed by atoms with Crippen LogP contribution in [0.25, 0.3) is 16.3 Å². The summed E-state index contributed by atoms with van der Waals surface area (Å²) in [6.07, 6.45) is 0.0222. The van der Waals surface area contributed by atoms with Crippen LogP contribution in [0.15, 0.2) is 47.8 Å². The van der Waals surface area contributed by atoms with Crippen LogP contribution in [0.4, 0.5) is 0 Å². The van der Waals surface area contributed by atoms with Crippen molar-refractivity contribution >= 4 is 28.8 Å². The first-order valence-electron chi connectivity index (χ1n) is 8.86. The summed E-state index contributed by atoms with van der Waals surface area (Å²) in [5.74, 6) is -0.0488. The molecule has 1 aliphatic rings. The molecule has 2 aromatic heterocycles. The Hall–Kier alpha value is -2.15. The van der Waals surface area contributed by atoms with Crippen LogP contribution < -0.4 is 0 Å². The maximum absolute atomic E-state index is 13.3. The van der Waals surface area contributed by atoms with E-state index >= 15 is 0 Å². The van der Waals surface area contributed by atoms with Gasteiger partial charge in [-0.05, 0) is 49.6 Å². The van der Waals surface area contributed by atoms with E-state index in [2.05, 4.69) is 0 Å². The molecule has 27 heavy (non-hydrogen) atoms. The summed E-state index contributed by atoms with van der Waals surface area (Å²) in [6, 6.07) is 13.2. The molecule has 3 aromatic rings. The Morgan fingerprint density at radius 3 is 2.63 bits per heavy atom. The molecule has 7 heteroatoms. The van der Waals surface area contributed by atoms with Crippen molar-refractivity contribution in [1.29, 1.82) is 0 Å². The first kappa shape index (κ1) is 18.2. The summed E-state index contributed by atoms with van der Waals surface area (Å²) < 4.78 is 7.45. The number of hydrogen-bond acceptors (Lipinski definition) is 4. The highest BCUT2D eigenvalue weighted by Gasteiger charge is 2.29. The highest BCUT2D eigenvalue weighted by atomic mass is 35.5. The Morgan fingerprint density at radius 2 is 1.96 bits per heavy atom. The quantitative estimate of drug-likeness (QED) is 0.649. The maximum Gasteiger partial charge on any atom is 0.272 e. The van der Waals surface area contributed by atoms with Gasteiger partial charge >= 0.3 is 0 Å². The number of morpholine rings is 1. The fourth-order valence-corrected chi connectivity index (χ4v) is 4.25. The minimum absolute atomic E-state index is 0.0111. The molecule has 1 amide bonds. The standard InChI is InChI=1S/C20H20ClN3O2S/c1-13-11-23(12-14(2)26-13)20(25)18-10-17(19-7-4-8-27-19)22-24(18)16-6-3-5-15(21)9-16/h3-10,13-14H,11-12H2,1-2H3/t13-,14-/m1/s1. The molecule has 2 atom stereocenters. The van der Waals surface area contributed by atoms with Crippen LogP contribution in [0.5, 0.6) is 0 Å². The molecule has 4 rings (SSSR count). The second-order valence-corrected chi connectivity index (χ2v) is 8.14. The minimum Gasteiger partial charge on any atom is -0.372 e. The van der Waals surface area contributed by atoms with Crippen LogP contribution in [0.1, 0.15) is 24.3 Å². The predicted molar refractivity (Wildman–Crippen MR) is 108 cm³/mol. The molecular formula is C20H20ClN3O2S. The zero-order valence-corrected chi connectivity index (χ0v) is 16.7. The molecule has 0 unspecified atom stereocenters. The lowest BCUT2D eigenvalue weighted by Gasteiger charge is -2.35. The van der Waals surface area contributed by atoms with Crippen LogP contribution in [0.3, 0.4) is 0 Å². The Labute approximate surface area is 167 Å². The lowest BCUT2D eigenvalue weighted by Crippen LogP contribution is -2.48. The van der Waals surface area contributed by atoms with E-state index in [0.717, 1.165) is 16.3 Å². The second-order valence-electron chi connectivity index (χ2n) is 6.75. The van der Waals surface area contributed by atoms with E-state index < -0.39 is 0 Å². The van der Waals surface area contributed by atoms with E-state index in [1.807, 2.05) is 66.6 Å². The van der Waals surface area contributed by atoms with Gasteiger partial charge in [0.05, 0.1) is 22.8 Å². The molecule has 0 bridgehead atoms. The molecule has 0 saturated carbocycles. The van der Waals surface area contributed by atoms with Gasteiger partial charge in [-0.3, -0.25) is 4.79 Å². The number of amides is 1. The Morgan fingerprint density at radius 1 is 1.19 bits per heavy atom. The number of rotatable bonds is 3. The molecule has 1 aromatic carbocycles. The molecule has 0 N–H and O–H groups in total. The number of hydrogen-bond donors (Lipinski definition) is 0. The molecule has 1 saturated heterocycles. The van der Waals surface area contributed by atoms with Gasteiger partial charge in [-0.15, -0.1) is 11.3 Å². The molecule has 0 radical (unpaired) electrons. The SMILES string of the molecule is C[C@@H]1CN(C(=O)c2cc(-c3cccs3)nn2-c2cccc(Cl)c2)C[C@@H](C)O1. The number of carbonyl (C=O) groups excluding carboxylic acids is 1. The topological polar surface area (TPSA) is 47.4 Å². The number of nitrogens with zero attached hydrogens (tertiary/aromatic N) is 3.